The van der Waals surface area contributed by atoms with Crippen LogP contribution in [0.1, 0.15) is 42.8 Å². The van der Waals surface area contributed by atoms with E-state index in [0.29, 0.717) is 0 Å². The van der Waals surface area contributed by atoms with E-state index in [0.717, 1.165) is 55.5 Å². The van der Waals surface area contributed by atoms with Gasteiger partial charge in [0.05, 0.1) is 19.9 Å². The first-order chi connectivity index (χ1) is 14.4. The molecule has 0 fully saturated rings. The van der Waals surface area contributed by atoms with Gasteiger partial charge in [-0.15, -0.1) is 0 Å². The van der Waals surface area contributed by atoms with Gasteiger partial charge < -0.3 is 20.1 Å². The molecule has 1 aromatic heterocycles. The van der Waals surface area contributed by atoms with E-state index in [4.69, 9.17) is 14.5 Å². The van der Waals surface area contributed by atoms with Crippen LogP contribution in [0, 0.1) is 13.8 Å². The second-order valence-electron chi connectivity index (χ2n) is 7.58. The number of rotatable bonds is 10. The highest BCUT2D eigenvalue weighted by atomic mass is 16.5. The second kappa shape index (κ2) is 11.5. The molecule has 0 radical (unpaired) electrons. The quantitative estimate of drug-likeness (QED) is 0.354. The Morgan fingerprint density at radius 3 is 2.53 bits per heavy atom. The van der Waals surface area contributed by atoms with E-state index in [-0.39, 0.29) is 6.04 Å². The van der Waals surface area contributed by atoms with Gasteiger partial charge in [-0.3, -0.25) is 9.67 Å². The minimum atomic E-state index is 0.259. The average Bonchev–Trinajstić information content (AvgIpc) is 2.96. The SMILES string of the molecule is CCNC(=NCCCc1ccc(OC)c(OC)c1)NC(C)Cc1c(C)nn(C)c1C. The molecule has 2 rings (SSSR count). The van der Waals surface area contributed by atoms with Crippen LogP contribution in [0.3, 0.4) is 0 Å². The molecule has 7 nitrogen and oxygen atoms in total. The van der Waals surface area contributed by atoms with Crippen LogP contribution in [0.2, 0.25) is 0 Å². The van der Waals surface area contributed by atoms with E-state index < -0.39 is 0 Å². The summed E-state index contributed by atoms with van der Waals surface area (Å²) in [4.78, 5) is 4.75. The van der Waals surface area contributed by atoms with Gasteiger partial charge in [0.2, 0.25) is 0 Å². The number of aryl methyl sites for hydroxylation is 3. The monoisotopic (exact) mass is 415 g/mol. The number of aromatic nitrogens is 2. The van der Waals surface area contributed by atoms with Crippen molar-refractivity contribution in [1.29, 1.82) is 0 Å². The average molecular weight is 416 g/mol. The second-order valence-corrected chi connectivity index (χ2v) is 7.58. The highest BCUT2D eigenvalue weighted by Gasteiger charge is 2.14. The van der Waals surface area contributed by atoms with Crippen LogP contribution in [0.5, 0.6) is 11.5 Å². The van der Waals surface area contributed by atoms with Gasteiger partial charge in [-0.05, 0) is 70.2 Å². The smallest absolute Gasteiger partial charge is 0.191 e. The molecule has 0 saturated heterocycles. The summed E-state index contributed by atoms with van der Waals surface area (Å²) in [7, 11) is 5.31. The van der Waals surface area contributed by atoms with Crippen molar-refractivity contribution in [2.24, 2.45) is 12.0 Å². The molecule has 2 aromatic rings. The van der Waals surface area contributed by atoms with Crippen molar-refractivity contribution < 1.29 is 9.47 Å². The Kier molecular flexibility index (Phi) is 9.02. The van der Waals surface area contributed by atoms with E-state index in [2.05, 4.69) is 49.5 Å². The zero-order valence-corrected chi connectivity index (χ0v) is 19.5. The number of ether oxygens (including phenoxy) is 2. The van der Waals surface area contributed by atoms with Gasteiger partial charge in [0.15, 0.2) is 17.5 Å². The highest BCUT2D eigenvalue weighted by Crippen LogP contribution is 2.27. The van der Waals surface area contributed by atoms with Crippen LogP contribution in [-0.4, -0.2) is 49.1 Å². The maximum absolute atomic E-state index is 5.39. The van der Waals surface area contributed by atoms with Crippen LogP contribution in [0.15, 0.2) is 23.2 Å². The Hall–Kier alpha value is -2.70. The number of nitrogens with one attached hydrogen (secondary N) is 2. The first-order valence-corrected chi connectivity index (χ1v) is 10.6. The minimum Gasteiger partial charge on any atom is -0.493 e. The van der Waals surface area contributed by atoms with E-state index >= 15 is 0 Å². The molecule has 2 N–H and O–H groups in total. The van der Waals surface area contributed by atoms with E-state index in [1.165, 1.54) is 16.8 Å². The molecule has 0 amide bonds. The zero-order valence-electron chi connectivity index (χ0n) is 19.5. The van der Waals surface area contributed by atoms with E-state index in [9.17, 15) is 0 Å². The summed E-state index contributed by atoms with van der Waals surface area (Å²) < 4.78 is 12.6. The lowest BCUT2D eigenvalue weighted by Gasteiger charge is -2.18. The Balaban J connectivity index is 1.90. The summed E-state index contributed by atoms with van der Waals surface area (Å²) in [6.07, 6.45) is 2.82. The molecule has 0 aliphatic carbocycles. The molecule has 0 saturated carbocycles. The summed E-state index contributed by atoms with van der Waals surface area (Å²) in [5.74, 6) is 2.38. The summed E-state index contributed by atoms with van der Waals surface area (Å²) in [6, 6.07) is 6.32. The normalized spacial score (nSPS) is 12.6. The predicted octanol–water partition coefficient (Wildman–Crippen LogP) is 3.17. The maximum atomic E-state index is 5.39. The third kappa shape index (κ3) is 6.40. The molecule has 7 heteroatoms. The summed E-state index contributed by atoms with van der Waals surface area (Å²) in [6.45, 7) is 10.0. The lowest BCUT2D eigenvalue weighted by atomic mass is 10.1. The fourth-order valence-corrected chi connectivity index (χ4v) is 3.53. The van der Waals surface area contributed by atoms with Gasteiger partial charge in [-0.1, -0.05) is 6.07 Å². The van der Waals surface area contributed by atoms with Crippen LogP contribution < -0.4 is 20.1 Å². The zero-order chi connectivity index (χ0) is 22.1. The minimum absolute atomic E-state index is 0.259. The third-order valence-corrected chi connectivity index (χ3v) is 5.24. The fraction of sp³-hybridized carbons (Fsp3) is 0.565. The molecule has 0 bridgehead atoms. The molecule has 30 heavy (non-hydrogen) atoms. The van der Waals surface area contributed by atoms with Gasteiger partial charge >= 0.3 is 0 Å². The van der Waals surface area contributed by atoms with Gasteiger partial charge in [0.25, 0.3) is 0 Å². The molecule has 1 atom stereocenters. The first-order valence-electron chi connectivity index (χ1n) is 10.6. The Bertz CT molecular complexity index is 844. The van der Waals surface area contributed by atoms with E-state index in [1.807, 2.05) is 23.9 Å². The molecule has 0 aliphatic heterocycles. The fourth-order valence-electron chi connectivity index (χ4n) is 3.53. The molecule has 0 aliphatic rings. The third-order valence-electron chi connectivity index (χ3n) is 5.24. The molecular weight excluding hydrogens is 378 g/mol. The molecule has 166 valence electrons. The number of nitrogens with zero attached hydrogens (tertiary/aromatic N) is 3. The lowest BCUT2D eigenvalue weighted by molar-refractivity contribution is 0.354. The molecule has 0 spiro atoms. The number of hydrogen-bond donors (Lipinski definition) is 2. The van der Waals surface area contributed by atoms with Crippen molar-refractivity contribution in [3.8, 4) is 11.5 Å². The topological polar surface area (TPSA) is 72.7 Å². The number of guanidine groups is 1. The lowest BCUT2D eigenvalue weighted by Crippen LogP contribution is -2.43. The molecule has 1 heterocycles. The Morgan fingerprint density at radius 2 is 1.93 bits per heavy atom. The standard InChI is InChI=1S/C23H37N5O2/c1-8-24-23(26-16(2)14-20-17(3)27-28(5)18(20)4)25-13-9-10-19-11-12-21(29-6)22(15-19)30-7/h11-12,15-16H,8-10,13-14H2,1-7H3,(H2,24,25,26). The van der Waals surface area contributed by atoms with Gasteiger partial charge in [0.1, 0.15) is 0 Å². The van der Waals surface area contributed by atoms with Crippen molar-refractivity contribution in [2.75, 3.05) is 27.3 Å². The maximum Gasteiger partial charge on any atom is 0.191 e. The Labute approximate surface area is 180 Å². The molecule has 1 aromatic carbocycles. The van der Waals surface area contributed by atoms with Crippen molar-refractivity contribution in [3.05, 3.63) is 40.7 Å². The van der Waals surface area contributed by atoms with Crippen LogP contribution in [0.25, 0.3) is 0 Å². The van der Waals surface area contributed by atoms with Crippen molar-refractivity contribution in [3.63, 3.8) is 0 Å². The number of aliphatic imine (C=N–C) groups is 1. The highest BCUT2D eigenvalue weighted by molar-refractivity contribution is 5.80. The Morgan fingerprint density at radius 1 is 1.20 bits per heavy atom. The van der Waals surface area contributed by atoms with Gasteiger partial charge in [-0.25, -0.2) is 0 Å². The van der Waals surface area contributed by atoms with Crippen molar-refractivity contribution in [1.82, 2.24) is 20.4 Å². The van der Waals surface area contributed by atoms with Crippen LogP contribution in [0.4, 0.5) is 0 Å². The van der Waals surface area contributed by atoms with Gasteiger partial charge in [0, 0.05) is 31.9 Å². The van der Waals surface area contributed by atoms with Crippen molar-refractivity contribution >= 4 is 5.96 Å². The number of hydrogen-bond acceptors (Lipinski definition) is 4. The first kappa shape index (κ1) is 23.6. The van der Waals surface area contributed by atoms with Crippen LogP contribution >= 0.6 is 0 Å². The molecule has 1 unspecified atom stereocenters. The van der Waals surface area contributed by atoms with Crippen LogP contribution in [-0.2, 0) is 19.9 Å². The number of benzene rings is 1. The summed E-state index contributed by atoms with van der Waals surface area (Å²) in [5.41, 5.74) is 4.84. The van der Waals surface area contributed by atoms with Crippen molar-refractivity contribution in [2.45, 2.75) is 53.0 Å². The van der Waals surface area contributed by atoms with Gasteiger partial charge in [-0.2, -0.15) is 5.10 Å². The summed E-state index contributed by atoms with van der Waals surface area (Å²) >= 11 is 0. The molecular formula is C23H37N5O2. The van der Waals surface area contributed by atoms with E-state index in [1.54, 1.807) is 14.2 Å². The summed E-state index contributed by atoms with van der Waals surface area (Å²) in [5, 5.41) is 11.4. The largest absolute Gasteiger partial charge is 0.493 e. The predicted molar refractivity (Wildman–Crippen MR) is 123 cm³/mol. The number of methoxy groups -OCH3 is 2.